The van der Waals surface area contributed by atoms with Gasteiger partial charge in [-0.1, -0.05) is 13.3 Å². The summed E-state index contributed by atoms with van der Waals surface area (Å²) in [6.45, 7) is 3.24. The van der Waals surface area contributed by atoms with E-state index in [1.165, 1.54) is 0 Å². The number of sulfonamides is 1. The number of hydrogen-bond acceptors (Lipinski definition) is 3. The van der Waals surface area contributed by atoms with Crippen LogP contribution in [0.4, 0.5) is 4.39 Å². The van der Waals surface area contributed by atoms with Crippen LogP contribution in [0.25, 0.3) is 0 Å². The zero-order valence-corrected chi connectivity index (χ0v) is 12.7. The predicted octanol–water partition coefficient (Wildman–Crippen LogP) is 1.74. The molecule has 0 radical (unpaired) electrons. The van der Waals surface area contributed by atoms with Crippen molar-refractivity contribution < 1.29 is 17.6 Å². The summed E-state index contributed by atoms with van der Waals surface area (Å²) in [4.78, 5) is 13.7. The molecule has 0 bridgehead atoms. The molecule has 0 aromatic heterocycles. The number of amides is 1. The Kier molecular flexibility index (Phi) is 4.63. The summed E-state index contributed by atoms with van der Waals surface area (Å²) >= 11 is 0. The monoisotopic (exact) mass is 314 g/mol. The quantitative estimate of drug-likeness (QED) is 0.922. The van der Waals surface area contributed by atoms with Gasteiger partial charge in [0.05, 0.1) is 10.5 Å². The minimum Gasteiger partial charge on any atom is -0.339 e. The minimum atomic E-state index is -3.96. The Labute approximate surface area is 124 Å². The summed E-state index contributed by atoms with van der Waals surface area (Å²) in [5.74, 6) is -0.618. The van der Waals surface area contributed by atoms with Crippen molar-refractivity contribution in [3.63, 3.8) is 0 Å². The molecule has 1 aromatic carbocycles. The lowest BCUT2D eigenvalue weighted by molar-refractivity contribution is 0.0684. The summed E-state index contributed by atoms with van der Waals surface area (Å²) in [5, 5.41) is 5.02. The highest BCUT2D eigenvalue weighted by atomic mass is 32.2. The van der Waals surface area contributed by atoms with E-state index in [1.807, 2.05) is 0 Å². The molecule has 2 rings (SSSR count). The molecule has 7 heteroatoms. The first-order valence-corrected chi connectivity index (χ1v) is 8.49. The third kappa shape index (κ3) is 3.59. The van der Waals surface area contributed by atoms with Gasteiger partial charge >= 0.3 is 0 Å². The maximum atomic E-state index is 13.8. The van der Waals surface area contributed by atoms with Gasteiger partial charge in [-0.2, -0.15) is 0 Å². The number of nitrogens with zero attached hydrogens (tertiary/aromatic N) is 1. The highest BCUT2D eigenvalue weighted by Gasteiger charge is 2.25. The van der Waals surface area contributed by atoms with Crippen molar-refractivity contribution in [3.8, 4) is 0 Å². The largest absolute Gasteiger partial charge is 0.339 e. The van der Waals surface area contributed by atoms with Crippen LogP contribution in [0.1, 0.15) is 36.5 Å². The van der Waals surface area contributed by atoms with Crippen LogP contribution in [0.3, 0.4) is 0 Å². The van der Waals surface area contributed by atoms with Crippen LogP contribution < -0.4 is 5.14 Å². The predicted molar refractivity (Wildman–Crippen MR) is 76.7 cm³/mol. The van der Waals surface area contributed by atoms with Gasteiger partial charge < -0.3 is 4.90 Å². The molecular weight excluding hydrogens is 295 g/mol. The minimum absolute atomic E-state index is 0.239. The summed E-state index contributed by atoms with van der Waals surface area (Å²) in [6.07, 6.45) is 2.84. The van der Waals surface area contributed by atoms with Gasteiger partial charge in [0.15, 0.2) is 0 Å². The number of primary sulfonamides is 1. The molecule has 0 aliphatic carbocycles. The maximum absolute atomic E-state index is 13.8. The van der Waals surface area contributed by atoms with Crippen molar-refractivity contribution in [2.75, 3.05) is 13.1 Å². The lowest BCUT2D eigenvalue weighted by atomic mass is 9.94. The molecule has 5 nitrogen and oxygen atoms in total. The van der Waals surface area contributed by atoms with E-state index < -0.39 is 21.7 Å². The van der Waals surface area contributed by atoms with E-state index in [2.05, 4.69) is 6.92 Å². The highest BCUT2D eigenvalue weighted by Crippen LogP contribution is 2.23. The van der Waals surface area contributed by atoms with Crippen molar-refractivity contribution >= 4 is 15.9 Å². The lowest BCUT2D eigenvalue weighted by Crippen LogP contribution is -2.38. The Hall–Kier alpha value is -1.47. The molecular formula is C14H19FN2O3S. The molecule has 1 aliphatic rings. The van der Waals surface area contributed by atoms with Crippen LogP contribution in [0.2, 0.25) is 0 Å². The fourth-order valence-electron chi connectivity index (χ4n) is 2.56. The van der Waals surface area contributed by atoms with E-state index in [0.717, 1.165) is 37.5 Å². The first kappa shape index (κ1) is 15.9. The SMILES string of the molecule is CCC1CCN(C(=O)c2cc(S(N)(=O)=O)ccc2F)CC1. The fourth-order valence-corrected chi connectivity index (χ4v) is 3.10. The number of halogens is 1. The van der Waals surface area contributed by atoms with Crippen LogP contribution in [0, 0.1) is 11.7 Å². The Bertz CT molecular complexity index is 638. The van der Waals surface area contributed by atoms with Gasteiger partial charge in [-0.05, 0) is 37.0 Å². The van der Waals surface area contributed by atoms with Gasteiger partial charge in [0.25, 0.3) is 5.91 Å². The molecule has 0 atom stereocenters. The molecule has 0 saturated carbocycles. The highest BCUT2D eigenvalue weighted by molar-refractivity contribution is 7.89. The smallest absolute Gasteiger partial charge is 0.256 e. The zero-order chi connectivity index (χ0) is 15.6. The zero-order valence-electron chi connectivity index (χ0n) is 11.9. The van der Waals surface area contributed by atoms with E-state index in [-0.39, 0.29) is 10.5 Å². The van der Waals surface area contributed by atoms with Crippen LogP contribution >= 0.6 is 0 Å². The van der Waals surface area contributed by atoms with E-state index >= 15 is 0 Å². The van der Waals surface area contributed by atoms with Crippen LogP contribution in [-0.2, 0) is 10.0 Å². The normalized spacial score (nSPS) is 17.0. The number of hydrogen-bond donors (Lipinski definition) is 1. The Morgan fingerprint density at radius 3 is 2.52 bits per heavy atom. The summed E-state index contributed by atoms with van der Waals surface area (Å²) in [6, 6.07) is 3.04. The summed E-state index contributed by atoms with van der Waals surface area (Å²) < 4.78 is 36.4. The second kappa shape index (κ2) is 6.11. The number of carbonyl (C=O) groups is 1. The van der Waals surface area contributed by atoms with Gasteiger partial charge in [0.1, 0.15) is 5.82 Å². The van der Waals surface area contributed by atoms with E-state index in [4.69, 9.17) is 5.14 Å². The topological polar surface area (TPSA) is 80.5 Å². The second-order valence-corrected chi connectivity index (χ2v) is 6.89. The molecule has 1 fully saturated rings. The number of likely N-dealkylation sites (tertiary alicyclic amines) is 1. The number of piperidine rings is 1. The van der Waals surface area contributed by atoms with Crippen LogP contribution in [0.15, 0.2) is 23.1 Å². The number of carbonyl (C=O) groups excluding carboxylic acids is 1. The molecule has 1 aromatic rings. The molecule has 116 valence electrons. The second-order valence-electron chi connectivity index (χ2n) is 5.33. The van der Waals surface area contributed by atoms with E-state index in [0.29, 0.717) is 19.0 Å². The lowest BCUT2D eigenvalue weighted by Gasteiger charge is -2.31. The van der Waals surface area contributed by atoms with E-state index in [1.54, 1.807) is 4.90 Å². The van der Waals surface area contributed by atoms with Crippen molar-refractivity contribution in [1.29, 1.82) is 0 Å². The number of rotatable bonds is 3. The standard InChI is InChI=1S/C14H19FN2O3S/c1-2-10-5-7-17(8-6-10)14(18)12-9-11(21(16,19)20)3-4-13(12)15/h3-4,9-10H,2,5-8H2,1H3,(H2,16,19,20). The van der Waals surface area contributed by atoms with Gasteiger partial charge in [-0.15, -0.1) is 0 Å². The maximum Gasteiger partial charge on any atom is 0.256 e. The molecule has 1 heterocycles. The average Bonchev–Trinajstić information content (AvgIpc) is 2.46. The Balaban J connectivity index is 2.23. The third-order valence-corrected chi connectivity index (χ3v) is 4.89. The third-order valence-electron chi connectivity index (χ3n) is 3.98. The molecule has 1 aliphatic heterocycles. The first-order chi connectivity index (χ1) is 9.82. The van der Waals surface area contributed by atoms with Crippen molar-refractivity contribution in [2.24, 2.45) is 11.1 Å². The summed E-state index contributed by atoms with van der Waals surface area (Å²) in [7, 11) is -3.96. The van der Waals surface area contributed by atoms with E-state index in [9.17, 15) is 17.6 Å². The fraction of sp³-hybridized carbons (Fsp3) is 0.500. The Morgan fingerprint density at radius 2 is 2.00 bits per heavy atom. The molecule has 0 spiro atoms. The van der Waals surface area contributed by atoms with Gasteiger partial charge in [-0.3, -0.25) is 4.79 Å². The molecule has 1 amide bonds. The van der Waals surface area contributed by atoms with Crippen LogP contribution in [-0.4, -0.2) is 32.3 Å². The first-order valence-electron chi connectivity index (χ1n) is 6.94. The van der Waals surface area contributed by atoms with Gasteiger partial charge in [0, 0.05) is 13.1 Å². The van der Waals surface area contributed by atoms with Gasteiger partial charge in [0.2, 0.25) is 10.0 Å². The summed E-state index contributed by atoms with van der Waals surface area (Å²) in [5.41, 5.74) is -0.239. The van der Waals surface area contributed by atoms with Crippen molar-refractivity contribution in [2.45, 2.75) is 31.1 Å². The average molecular weight is 314 g/mol. The van der Waals surface area contributed by atoms with Gasteiger partial charge in [-0.25, -0.2) is 17.9 Å². The van der Waals surface area contributed by atoms with Crippen molar-refractivity contribution in [3.05, 3.63) is 29.6 Å². The number of nitrogens with two attached hydrogens (primary N) is 1. The number of benzene rings is 1. The molecule has 2 N–H and O–H groups in total. The Morgan fingerprint density at radius 1 is 1.38 bits per heavy atom. The molecule has 21 heavy (non-hydrogen) atoms. The molecule has 1 saturated heterocycles. The van der Waals surface area contributed by atoms with Crippen molar-refractivity contribution in [1.82, 2.24) is 4.90 Å². The van der Waals surface area contributed by atoms with Crippen LogP contribution in [0.5, 0.6) is 0 Å². The molecule has 0 unspecified atom stereocenters.